The third-order valence-electron chi connectivity index (χ3n) is 3.91. The van der Waals surface area contributed by atoms with Crippen molar-refractivity contribution in [3.8, 4) is 16.3 Å². The first-order chi connectivity index (χ1) is 10.3. The van der Waals surface area contributed by atoms with E-state index in [0.29, 0.717) is 6.04 Å². The number of aryl methyl sites for hydroxylation is 1. The zero-order valence-electron chi connectivity index (χ0n) is 12.6. The van der Waals surface area contributed by atoms with Gasteiger partial charge in [-0.15, -0.1) is 0 Å². The highest BCUT2D eigenvalue weighted by atomic mass is 32.1. The Morgan fingerprint density at radius 1 is 1.19 bits per heavy atom. The topological polar surface area (TPSA) is 39.4 Å². The van der Waals surface area contributed by atoms with E-state index >= 15 is 0 Å². The molecule has 0 atom stereocenters. The van der Waals surface area contributed by atoms with Gasteiger partial charge in [0.1, 0.15) is 10.8 Å². The third kappa shape index (κ3) is 3.35. The number of nitrogens with zero attached hydrogens (tertiary/aromatic N) is 3. The molecule has 112 valence electrons. The summed E-state index contributed by atoms with van der Waals surface area (Å²) in [5.41, 5.74) is 1.11. The highest BCUT2D eigenvalue weighted by molar-refractivity contribution is 7.12. The SMILES string of the molecule is COc1ccc(-c2nn(C)c(=NC3CCCCC3)s2)cc1. The molecule has 1 aliphatic carbocycles. The van der Waals surface area contributed by atoms with Gasteiger partial charge < -0.3 is 4.74 Å². The van der Waals surface area contributed by atoms with E-state index in [0.717, 1.165) is 21.1 Å². The van der Waals surface area contributed by atoms with E-state index in [1.54, 1.807) is 18.4 Å². The predicted molar refractivity (Wildman–Crippen MR) is 85.5 cm³/mol. The Morgan fingerprint density at radius 3 is 2.57 bits per heavy atom. The van der Waals surface area contributed by atoms with Crippen molar-refractivity contribution in [2.24, 2.45) is 12.0 Å². The van der Waals surface area contributed by atoms with Gasteiger partial charge in [-0.2, -0.15) is 5.10 Å². The first kappa shape index (κ1) is 14.3. The molecule has 0 N–H and O–H groups in total. The average Bonchev–Trinajstić information content (AvgIpc) is 2.89. The highest BCUT2D eigenvalue weighted by Crippen LogP contribution is 2.23. The maximum Gasteiger partial charge on any atom is 0.203 e. The van der Waals surface area contributed by atoms with Crippen LogP contribution in [0.5, 0.6) is 5.75 Å². The fraction of sp³-hybridized carbons (Fsp3) is 0.500. The van der Waals surface area contributed by atoms with E-state index in [1.807, 2.05) is 36.0 Å². The van der Waals surface area contributed by atoms with Crippen molar-refractivity contribution >= 4 is 11.3 Å². The first-order valence-corrected chi connectivity index (χ1v) is 8.30. The summed E-state index contributed by atoms with van der Waals surface area (Å²) in [6, 6.07) is 8.50. The number of ether oxygens (including phenoxy) is 1. The summed E-state index contributed by atoms with van der Waals surface area (Å²) in [6.45, 7) is 0. The van der Waals surface area contributed by atoms with Crippen LogP contribution in [0.15, 0.2) is 29.3 Å². The molecule has 3 rings (SSSR count). The van der Waals surface area contributed by atoms with Gasteiger partial charge in [-0.3, -0.25) is 4.99 Å². The molecular formula is C16H21N3OS. The first-order valence-electron chi connectivity index (χ1n) is 7.48. The predicted octanol–water partition coefficient (Wildman–Crippen LogP) is 3.39. The molecule has 1 fully saturated rings. The minimum absolute atomic E-state index is 0.481. The molecule has 0 saturated heterocycles. The molecule has 4 nitrogen and oxygen atoms in total. The van der Waals surface area contributed by atoms with Crippen molar-refractivity contribution in [2.45, 2.75) is 38.1 Å². The molecule has 1 aromatic heterocycles. The van der Waals surface area contributed by atoms with Crippen LogP contribution < -0.4 is 9.54 Å². The van der Waals surface area contributed by atoms with E-state index in [9.17, 15) is 0 Å². The van der Waals surface area contributed by atoms with Gasteiger partial charge in [-0.1, -0.05) is 30.6 Å². The zero-order valence-corrected chi connectivity index (χ0v) is 13.4. The second-order valence-electron chi connectivity index (χ2n) is 5.46. The summed E-state index contributed by atoms with van der Waals surface area (Å²) < 4.78 is 7.10. The summed E-state index contributed by atoms with van der Waals surface area (Å²) in [4.78, 5) is 5.91. The lowest BCUT2D eigenvalue weighted by Crippen LogP contribution is -2.18. The summed E-state index contributed by atoms with van der Waals surface area (Å²) in [7, 11) is 3.66. The zero-order chi connectivity index (χ0) is 14.7. The Morgan fingerprint density at radius 2 is 1.90 bits per heavy atom. The van der Waals surface area contributed by atoms with E-state index in [-0.39, 0.29) is 0 Å². The summed E-state index contributed by atoms with van der Waals surface area (Å²) in [5.74, 6) is 0.867. The van der Waals surface area contributed by atoms with Crippen molar-refractivity contribution in [2.75, 3.05) is 7.11 Å². The molecule has 1 heterocycles. The molecule has 21 heavy (non-hydrogen) atoms. The molecule has 1 aliphatic rings. The fourth-order valence-electron chi connectivity index (χ4n) is 2.68. The molecule has 0 amide bonds. The van der Waals surface area contributed by atoms with Crippen LogP contribution in [-0.2, 0) is 7.05 Å². The van der Waals surface area contributed by atoms with Gasteiger partial charge in [0.25, 0.3) is 0 Å². The molecule has 0 spiro atoms. The molecular weight excluding hydrogens is 282 g/mol. The lowest BCUT2D eigenvalue weighted by molar-refractivity contribution is 0.415. The molecule has 0 unspecified atom stereocenters. The molecule has 0 bridgehead atoms. The minimum Gasteiger partial charge on any atom is -0.497 e. The minimum atomic E-state index is 0.481. The van der Waals surface area contributed by atoms with E-state index < -0.39 is 0 Å². The quantitative estimate of drug-likeness (QED) is 0.872. The maximum atomic E-state index is 5.19. The van der Waals surface area contributed by atoms with Crippen LogP contribution in [0.25, 0.3) is 10.6 Å². The lowest BCUT2D eigenvalue weighted by atomic mass is 9.96. The van der Waals surface area contributed by atoms with Crippen LogP contribution >= 0.6 is 11.3 Å². The standard InChI is InChI=1S/C16H21N3OS/c1-19-16(17-13-6-4-3-5-7-13)21-15(18-19)12-8-10-14(20-2)11-9-12/h8-11,13H,3-7H2,1-2H3. The molecule has 0 radical (unpaired) electrons. The fourth-order valence-corrected chi connectivity index (χ4v) is 3.64. The third-order valence-corrected chi connectivity index (χ3v) is 4.97. The van der Waals surface area contributed by atoms with E-state index in [2.05, 4.69) is 5.10 Å². The Labute approximate surface area is 129 Å². The lowest BCUT2D eigenvalue weighted by Gasteiger charge is -2.16. The second-order valence-corrected chi connectivity index (χ2v) is 6.42. The Hall–Kier alpha value is -1.62. The van der Waals surface area contributed by atoms with Crippen LogP contribution in [0, 0.1) is 0 Å². The van der Waals surface area contributed by atoms with Crippen LogP contribution in [0.1, 0.15) is 32.1 Å². The number of aromatic nitrogens is 2. The Balaban J connectivity index is 1.87. The van der Waals surface area contributed by atoms with Gasteiger partial charge in [-0.25, -0.2) is 4.68 Å². The second kappa shape index (κ2) is 6.43. The van der Waals surface area contributed by atoms with Crippen LogP contribution in [0.3, 0.4) is 0 Å². The smallest absolute Gasteiger partial charge is 0.203 e. The van der Waals surface area contributed by atoms with Crippen LogP contribution in [0.2, 0.25) is 0 Å². The Bertz CT molecular complexity index is 651. The number of hydrogen-bond donors (Lipinski definition) is 0. The van der Waals surface area contributed by atoms with Crippen LogP contribution in [0.4, 0.5) is 0 Å². The monoisotopic (exact) mass is 303 g/mol. The van der Waals surface area contributed by atoms with Crippen LogP contribution in [-0.4, -0.2) is 22.9 Å². The summed E-state index contributed by atoms with van der Waals surface area (Å²) in [5, 5.41) is 5.61. The normalized spacial score (nSPS) is 17.1. The van der Waals surface area contributed by atoms with E-state index in [1.165, 1.54) is 32.1 Å². The van der Waals surface area contributed by atoms with Gasteiger partial charge >= 0.3 is 0 Å². The van der Waals surface area contributed by atoms with Gasteiger partial charge in [0.05, 0.1) is 13.2 Å². The van der Waals surface area contributed by atoms with Crippen molar-refractivity contribution in [3.63, 3.8) is 0 Å². The van der Waals surface area contributed by atoms with Crippen molar-refractivity contribution < 1.29 is 4.74 Å². The van der Waals surface area contributed by atoms with Gasteiger partial charge in [0.2, 0.25) is 4.80 Å². The number of methoxy groups -OCH3 is 1. The van der Waals surface area contributed by atoms with Gasteiger partial charge in [0, 0.05) is 12.6 Å². The number of rotatable bonds is 3. The van der Waals surface area contributed by atoms with Crippen molar-refractivity contribution in [1.82, 2.24) is 9.78 Å². The highest BCUT2D eigenvalue weighted by Gasteiger charge is 2.13. The molecule has 5 heteroatoms. The van der Waals surface area contributed by atoms with Gasteiger partial charge in [-0.05, 0) is 37.1 Å². The molecule has 1 saturated carbocycles. The summed E-state index contributed by atoms with van der Waals surface area (Å²) in [6.07, 6.45) is 6.41. The number of hydrogen-bond acceptors (Lipinski definition) is 4. The number of benzene rings is 1. The molecule has 1 aromatic carbocycles. The van der Waals surface area contributed by atoms with Crippen molar-refractivity contribution in [3.05, 3.63) is 29.1 Å². The average molecular weight is 303 g/mol. The Kier molecular flexibility index (Phi) is 4.39. The largest absolute Gasteiger partial charge is 0.497 e. The molecule has 2 aromatic rings. The maximum absolute atomic E-state index is 5.19. The summed E-state index contributed by atoms with van der Waals surface area (Å²) >= 11 is 1.66. The molecule has 0 aliphatic heterocycles. The van der Waals surface area contributed by atoms with Crippen molar-refractivity contribution in [1.29, 1.82) is 0 Å². The van der Waals surface area contributed by atoms with E-state index in [4.69, 9.17) is 9.73 Å². The van der Waals surface area contributed by atoms with Gasteiger partial charge in [0.15, 0.2) is 0 Å².